The fourth-order valence-electron chi connectivity index (χ4n) is 1.51. The fraction of sp³-hybridized carbons (Fsp3) is 0.429. The van der Waals surface area contributed by atoms with E-state index in [1.165, 1.54) is 0 Å². The van der Waals surface area contributed by atoms with Crippen LogP contribution in [0.5, 0.6) is 0 Å². The van der Waals surface area contributed by atoms with E-state index in [9.17, 15) is 9.59 Å². The van der Waals surface area contributed by atoms with Crippen molar-refractivity contribution in [2.75, 3.05) is 10.6 Å². The van der Waals surface area contributed by atoms with Crippen LogP contribution in [0.15, 0.2) is 24.3 Å². The van der Waals surface area contributed by atoms with Crippen LogP contribution in [0.3, 0.4) is 0 Å². The third-order valence-corrected chi connectivity index (χ3v) is 3.26. The molecule has 1 aliphatic rings. The number of carbonyl (C=O) groups excluding carboxylic acids is 2. The Morgan fingerprint density at radius 3 is 2.00 bits per heavy atom. The summed E-state index contributed by atoms with van der Waals surface area (Å²) in [6.07, 6.45) is 1.97. The maximum Gasteiger partial charge on any atom is 0.240 e. The number of carbonyl (C=O) groups is 2. The Balaban J connectivity index is 1.94. The second-order valence-corrected chi connectivity index (χ2v) is 7.25. The van der Waals surface area contributed by atoms with Gasteiger partial charge in [-0.05, 0) is 51.0 Å². The number of halogens is 1. The molecule has 0 atom stereocenters. The summed E-state index contributed by atoms with van der Waals surface area (Å²) >= 11 is 3.30. The topological polar surface area (TPSA) is 58.2 Å². The maximum absolute atomic E-state index is 11.8. The quantitative estimate of drug-likeness (QED) is 0.836. The average Bonchev–Trinajstić information content (AvgIpc) is 3.14. The molecule has 2 N–H and O–H groups in total. The van der Waals surface area contributed by atoms with Crippen LogP contribution in [0.25, 0.3) is 0 Å². The number of hydrogen-bond donors (Lipinski definition) is 2. The van der Waals surface area contributed by atoms with Crippen LogP contribution < -0.4 is 10.6 Å². The molecule has 2 rings (SSSR count). The minimum atomic E-state index is -0.605. The molecule has 4 nitrogen and oxygen atoms in total. The van der Waals surface area contributed by atoms with Crippen molar-refractivity contribution in [2.45, 2.75) is 31.0 Å². The van der Waals surface area contributed by atoms with Crippen molar-refractivity contribution in [3.63, 3.8) is 0 Å². The van der Waals surface area contributed by atoms with E-state index >= 15 is 0 Å². The van der Waals surface area contributed by atoms with Crippen molar-refractivity contribution in [1.29, 1.82) is 0 Å². The summed E-state index contributed by atoms with van der Waals surface area (Å²) in [5, 5.41) is 5.65. The zero-order valence-electron chi connectivity index (χ0n) is 11.0. The molecule has 19 heavy (non-hydrogen) atoms. The highest BCUT2D eigenvalue weighted by molar-refractivity contribution is 9.10. The molecule has 0 aliphatic heterocycles. The summed E-state index contributed by atoms with van der Waals surface area (Å²) in [5.41, 5.74) is 1.47. The minimum absolute atomic E-state index is 0.0818. The summed E-state index contributed by atoms with van der Waals surface area (Å²) < 4.78 is -0.605. The normalized spacial score (nSPS) is 14.9. The van der Waals surface area contributed by atoms with Crippen molar-refractivity contribution >= 4 is 39.1 Å². The predicted molar refractivity (Wildman–Crippen MR) is 79.4 cm³/mol. The molecule has 1 aliphatic carbocycles. The van der Waals surface area contributed by atoms with Crippen LogP contribution in [0.2, 0.25) is 0 Å². The van der Waals surface area contributed by atoms with Crippen molar-refractivity contribution in [3.8, 4) is 0 Å². The minimum Gasteiger partial charge on any atom is -0.326 e. The van der Waals surface area contributed by atoms with Gasteiger partial charge in [-0.3, -0.25) is 9.59 Å². The lowest BCUT2D eigenvalue weighted by atomic mass is 10.2. The molecule has 0 bridgehead atoms. The number of alkyl halides is 1. The molecule has 0 aromatic heterocycles. The molecule has 1 saturated carbocycles. The Morgan fingerprint density at radius 1 is 1.11 bits per heavy atom. The molecule has 0 unspecified atom stereocenters. The maximum atomic E-state index is 11.8. The molecule has 0 radical (unpaired) electrons. The van der Waals surface area contributed by atoms with Gasteiger partial charge in [-0.15, -0.1) is 0 Å². The van der Waals surface area contributed by atoms with E-state index in [0.29, 0.717) is 5.69 Å². The van der Waals surface area contributed by atoms with Crippen LogP contribution in [0.4, 0.5) is 11.4 Å². The van der Waals surface area contributed by atoms with E-state index in [1.807, 2.05) is 0 Å². The van der Waals surface area contributed by atoms with Crippen molar-refractivity contribution < 1.29 is 9.59 Å². The van der Waals surface area contributed by atoms with Gasteiger partial charge in [0.2, 0.25) is 11.8 Å². The van der Waals surface area contributed by atoms with Crippen LogP contribution in [-0.4, -0.2) is 16.1 Å². The van der Waals surface area contributed by atoms with E-state index in [4.69, 9.17) is 0 Å². The summed E-state index contributed by atoms with van der Waals surface area (Å²) in [6.45, 7) is 3.57. The van der Waals surface area contributed by atoms with Gasteiger partial charge in [0.25, 0.3) is 0 Å². The Kier molecular flexibility index (Phi) is 3.94. The van der Waals surface area contributed by atoms with Gasteiger partial charge < -0.3 is 10.6 Å². The zero-order chi connectivity index (χ0) is 14.0. The molecule has 5 heteroatoms. The number of hydrogen-bond acceptors (Lipinski definition) is 2. The Labute approximate surface area is 121 Å². The Morgan fingerprint density at radius 2 is 1.58 bits per heavy atom. The number of amides is 2. The number of anilines is 2. The third-order valence-electron chi connectivity index (χ3n) is 2.90. The van der Waals surface area contributed by atoms with Crippen LogP contribution >= 0.6 is 15.9 Å². The lowest BCUT2D eigenvalue weighted by molar-refractivity contribution is -0.118. The Bertz CT molecular complexity index is 487. The second-order valence-electron chi connectivity index (χ2n) is 5.27. The molecule has 1 aromatic rings. The van der Waals surface area contributed by atoms with Crippen LogP contribution in [0.1, 0.15) is 26.7 Å². The van der Waals surface area contributed by atoms with Gasteiger partial charge in [-0.2, -0.15) is 0 Å². The van der Waals surface area contributed by atoms with Crippen LogP contribution in [-0.2, 0) is 9.59 Å². The van der Waals surface area contributed by atoms with Gasteiger partial charge in [0, 0.05) is 17.3 Å². The standard InChI is InChI=1S/C14H17BrN2O2/c1-14(2,15)13(19)17-11-7-5-10(6-8-11)16-12(18)9-3-4-9/h5-9H,3-4H2,1-2H3,(H,16,18)(H,17,19). The first-order valence-electron chi connectivity index (χ1n) is 6.27. The number of benzene rings is 1. The molecular formula is C14H17BrN2O2. The summed E-state index contributed by atoms with van der Waals surface area (Å²) in [6, 6.07) is 7.13. The highest BCUT2D eigenvalue weighted by atomic mass is 79.9. The van der Waals surface area contributed by atoms with E-state index in [0.717, 1.165) is 18.5 Å². The second kappa shape index (κ2) is 5.33. The lowest BCUT2D eigenvalue weighted by Crippen LogP contribution is -2.30. The van der Waals surface area contributed by atoms with E-state index < -0.39 is 4.32 Å². The molecule has 102 valence electrons. The Hall–Kier alpha value is -1.36. The molecule has 0 spiro atoms. The molecule has 1 fully saturated rings. The fourth-order valence-corrected chi connectivity index (χ4v) is 1.61. The molecule has 2 amide bonds. The highest BCUT2D eigenvalue weighted by Crippen LogP contribution is 2.30. The van der Waals surface area contributed by atoms with E-state index in [1.54, 1.807) is 38.1 Å². The molecular weight excluding hydrogens is 308 g/mol. The SMILES string of the molecule is CC(C)(Br)C(=O)Nc1ccc(NC(=O)C2CC2)cc1. The summed E-state index contributed by atoms with van der Waals surface area (Å²) in [7, 11) is 0. The number of rotatable bonds is 4. The van der Waals surface area contributed by atoms with Gasteiger partial charge in [-0.1, -0.05) is 15.9 Å². The van der Waals surface area contributed by atoms with Crippen molar-refractivity contribution in [3.05, 3.63) is 24.3 Å². The lowest BCUT2D eigenvalue weighted by Gasteiger charge is -2.16. The summed E-state index contributed by atoms with van der Waals surface area (Å²) in [5.74, 6) is 0.161. The molecule has 1 aromatic carbocycles. The van der Waals surface area contributed by atoms with E-state index in [2.05, 4.69) is 26.6 Å². The summed E-state index contributed by atoms with van der Waals surface area (Å²) in [4.78, 5) is 23.3. The van der Waals surface area contributed by atoms with Crippen molar-refractivity contribution in [2.24, 2.45) is 5.92 Å². The molecule has 0 saturated heterocycles. The largest absolute Gasteiger partial charge is 0.326 e. The number of nitrogens with one attached hydrogen (secondary N) is 2. The van der Waals surface area contributed by atoms with Gasteiger partial charge in [-0.25, -0.2) is 0 Å². The zero-order valence-corrected chi connectivity index (χ0v) is 12.6. The predicted octanol–water partition coefficient (Wildman–Crippen LogP) is 3.15. The molecule has 0 heterocycles. The van der Waals surface area contributed by atoms with Crippen molar-refractivity contribution in [1.82, 2.24) is 0 Å². The first-order valence-corrected chi connectivity index (χ1v) is 7.07. The first-order chi connectivity index (χ1) is 8.86. The smallest absolute Gasteiger partial charge is 0.240 e. The first kappa shape index (κ1) is 14.1. The van der Waals surface area contributed by atoms with Gasteiger partial charge in [0.1, 0.15) is 0 Å². The van der Waals surface area contributed by atoms with Crippen LogP contribution in [0, 0.1) is 5.92 Å². The van der Waals surface area contributed by atoms with Gasteiger partial charge in [0.05, 0.1) is 4.32 Å². The third kappa shape index (κ3) is 4.06. The average molecular weight is 325 g/mol. The van der Waals surface area contributed by atoms with E-state index in [-0.39, 0.29) is 17.7 Å². The monoisotopic (exact) mass is 324 g/mol. The highest BCUT2D eigenvalue weighted by Gasteiger charge is 2.29. The van der Waals surface area contributed by atoms with Gasteiger partial charge in [0.15, 0.2) is 0 Å². The van der Waals surface area contributed by atoms with Gasteiger partial charge >= 0.3 is 0 Å².